The van der Waals surface area contributed by atoms with Crippen LogP contribution in [0.2, 0.25) is 0 Å². The fraction of sp³-hybridized carbons (Fsp3) is 0.467. The molecule has 1 atom stereocenters. The summed E-state index contributed by atoms with van der Waals surface area (Å²) in [6.45, 7) is 5.24. The highest BCUT2D eigenvalue weighted by Crippen LogP contribution is 2.30. The topological polar surface area (TPSA) is 68.3 Å². The molecule has 5 nitrogen and oxygen atoms in total. The van der Waals surface area contributed by atoms with Gasteiger partial charge in [0.05, 0.1) is 18.2 Å². The molecule has 2 aromatic rings. The Labute approximate surface area is 130 Å². The van der Waals surface area contributed by atoms with Gasteiger partial charge in [-0.3, -0.25) is 0 Å². The third-order valence-electron chi connectivity index (χ3n) is 3.22. The Morgan fingerprint density at radius 2 is 1.78 bits per heavy atom. The molecular weight excluding hydrogens is 313 g/mol. The molecule has 1 heterocycles. The van der Waals surface area contributed by atoms with E-state index in [0.29, 0.717) is 0 Å². The van der Waals surface area contributed by atoms with Crippen molar-refractivity contribution in [1.29, 1.82) is 0 Å². The zero-order chi connectivity index (χ0) is 17.4. The number of benzene rings is 1. The number of aliphatic hydroxyl groups excluding tert-OH is 1. The molecular formula is C15H17F3N2O3. The van der Waals surface area contributed by atoms with Crippen LogP contribution in [0.1, 0.15) is 43.9 Å². The van der Waals surface area contributed by atoms with Crippen molar-refractivity contribution in [3.8, 4) is 0 Å². The van der Waals surface area contributed by atoms with Crippen LogP contribution in [-0.2, 0) is 18.1 Å². The van der Waals surface area contributed by atoms with Crippen molar-refractivity contribution >= 4 is 0 Å². The zero-order valence-corrected chi connectivity index (χ0v) is 12.9. The van der Waals surface area contributed by atoms with Crippen LogP contribution in [0.5, 0.6) is 0 Å². The van der Waals surface area contributed by atoms with E-state index in [1.165, 1.54) is 12.1 Å². The summed E-state index contributed by atoms with van der Waals surface area (Å²) in [5.74, 6) is -0.497. The van der Waals surface area contributed by atoms with Crippen LogP contribution in [0.25, 0.3) is 0 Å². The summed E-state index contributed by atoms with van der Waals surface area (Å²) in [6, 6.07) is 4.10. The van der Waals surface area contributed by atoms with Crippen LogP contribution in [0.4, 0.5) is 13.2 Å². The Balaban J connectivity index is 2.18. The average Bonchev–Trinajstić information content (AvgIpc) is 2.79. The molecule has 1 aromatic heterocycles. The molecule has 1 N–H and O–H groups in total. The quantitative estimate of drug-likeness (QED) is 0.939. The van der Waals surface area contributed by atoms with Gasteiger partial charge in [-0.15, -0.1) is 5.10 Å². The molecule has 0 radical (unpaired) electrons. The smallest absolute Gasteiger partial charge is 0.392 e. The van der Waals surface area contributed by atoms with E-state index in [0.717, 1.165) is 16.8 Å². The first-order valence-electron chi connectivity index (χ1n) is 6.92. The molecule has 1 unspecified atom stereocenters. The SMILES string of the molecule is CC(C)(C)c1nn(CC(O)c2ccc(C(F)(F)F)cc2)c(=O)o1. The predicted octanol–water partition coefficient (Wildman–Crippen LogP) is 2.89. The molecule has 23 heavy (non-hydrogen) atoms. The average molecular weight is 330 g/mol. The maximum atomic E-state index is 12.5. The zero-order valence-electron chi connectivity index (χ0n) is 12.9. The summed E-state index contributed by atoms with van der Waals surface area (Å²) in [4.78, 5) is 11.7. The lowest BCUT2D eigenvalue weighted by Gasteiger charge is -2.13. The Morgan fingerprint density at radius 1 is 1.22 bits per heavy atom. The van der Waals surface area contributed by atoms with Gasteiger partial charge in [0.1, 0.15) is 0 Å². The van der Waals surface area contributed by atoms with Gasteiger partial charge in [-0.2, -0.15) is 17.9 Å². The third kappa shape index (κ3) is 4.01. The fourth-order valence-corrected chi connectivity index (χ4v) is 1.89. The minimum Gasteiger partial charge on any atom is -0.392 e. The van der Waals surface area contributed by atoms with Crippen LogP contribution in [0.3, 0.4) is 0 Å². The minimum atomic E-state index is -4.44. The molecule has 8 heteroatoms. The van der Waals surface area contributed by atoms with Crippen molar-refractivity contribution in [2.24, 2.45) is 0 Å². The molecule has 0 bridgehead atoms. The van der Waals surface area contributed by atoms with Gasteiger partial charge in [0.2, 0.25) is 5.89 Å². The van der Waals surface area contributed by atoms with E-state index in [1.807, 2.05) is 20.8 Å². The van der Waals surface area contributed by atoms with Crippen molar-refractivity contribution < 1.29 is 22.7 Å². The molecule has 0 saturated carbocycles. The lowest BCUT2D eigenvalue weighted by atomic mass is 9.97. The van der Waals surface area contributed by atoms with E-state index < -0.39 is 29.0 Å². The molecule has 0 fully saturated rings. The Bertz CT molecular complexity index is 724. The van der Waals surface area contributed by atoms with Crippen molar-refractivity contribution in [3.05, 3.63) is 51.8 Å². The largest absolute Gasteiger partial charge is 0.437 e. The van der Waals surface area contributed by atoms with Crippen molar-refractivity contribution in [2.45, 2.75) is 45.0 Å². The predicted molar refractivity (Wildman–Crippen MR) is 75.9 cm³/mol. The summed E-state index contributed by atoms with van der Waals surface area (Å²) in [7, 11) is 0. The number of nitrogens with zero attached hydrogens (tertiary/aromatic N) is 2. The fourth-order valence-electron chi connectivity index (χ4n) is 1.89. The summed E-state index contributed by atoms with van der Waals surface area (Å²) in [5.41, 5.74) is -1.02. The maximum absolute atomic E-state index is 12.5. The number of rotatable bonds is 3. The summed E-state index contributed by atoms with van der Waals surface area (Å²) in [5, 5.41) is 14.1. The lowest BCUT2D eigenvalue weighted by Crippen LogP contribution is -2.20. The van der Waals surface area contributed by atoms with Gasteiger partial charge in [0.15, 0.2) is 0 Å². The first kappa shape index (κ1) is 17.3. The maximum Gasteiger partial charge on any atom is 0.437 e. The lowest BCUT2D eigenvalue weighted by molar-refractivity contribution is -0.137. The van der Waals surface area contributed by atoms with Crippen LogP contribution in [-0.4, -0.2) is 14.9 Å². The number of aromatic nitrogens is 2. The van der Waals surface area contributed by atoms with E-state index in [4.69, 9.17) is 4.42 Å². The van der Waals surface area contributed by atoms with Crippen LogP contribution >= 0.6 is 0 Å². The molecule has 0 spiro atoms. The molecule has 0 saturated heterocycles. The van der Waals surface area contributed by atoms with E-state index in [2.05, 4.69) is 5.10 Å². The van der Waals surface area contributed by atoms with Crippen LogP contribution in [0, 0.1) is 0 Å². The second-order valence-electron chi connectivity index (χ2n) is 6.24. The van der Waals surface area contributed by atoms with Gasteiger partial charge in [0, 0.05) is 5.41 Å². The molecule has 1 aromatic carbocycles. The minimum absolute atomic E-state index is 0.205. The summed E-state index contributed by atoms with van der Waals surface area (Å²) in [6.07, 6.45) is -5.61. The van der Waals surface area contributed by atoms with E-state index in [9.17, 15) is 23.1 Å². The first-order valence-corrected chi connectivity index (χ1v) is 6.92. The van der Waals surface area contributed by atoms with E-state index in [1.54, 1.807) is 0 Å². The van der Waals surface area contributed by atoms with Crippen LogP contribution < -0.4 is 5.76 Å². The number of hydrogen-bond acceptors (Lipinski definition) is 4. The summed E-state index contributed by atoms with van der Waals surface area (Å²) < 4.78 is 43.5. The van der Waals surface area contributed by atoms with Gasteiger partial charge in [0.25, 0.3) is 0 Å². The molecule has 2 rings (SSSR count). The van der Waals surface area contributed by atoms with Gasteiger partial charge in [-0.05, 0) is 17.7 Å². The molecule has 0 aliphatic carbocycles. The number of alkyl halides is 3. The van der Waals surface area contributed by atoms with E-state index in [-0.39, 0.29) is 18.0 Å². The van der Waals surface area contributed by atoms with Crippen molar-refractivity contribution in [2.75, 3.05) is 0 Å². The van der Waals surface area contributed by atoms with Crippen molar-refractivity contribution in [3.63, 3.8) is 0 Å². The van der Waals surface area contributed by atoms with Gasteiger partial charge >= 0.3 is 11.9 Å². The van der Waals surface area contributed by atoms with Gasteiger partial charge in [-0.1, -0.05) is 32.9 Å². The standard InChI is InChI=1S/C15H17F3N2O3/c1-14(2,3)12-19-20(13(22)23-12)8-11(21)9-4-6-10(7-5-9)15(16,17)18/h4-7,11,21H,8H2,1-3H3. The number of halogens is 3. The highest BCUT2D eigenvalue weighted by atomic mass is 19.4. The van der Waals surface area contributed by atoms with Crippen LogP contribution in [0.15, 0.2) is 33.5 Å². The second-order valence-corrected chi connectivity index (χ2v) is 6.24. The number of aliphatic hydroxyl groups is 1. The Hall–Kier alpha value is -2.09. The van der Waals surface area contributed by atoms with Crippen molar-refractivity contribution in [1.82, 2.24) is 9.78 Å². The van der Waals surface area contributed by atoms with Gasteiger partial charge in [-0.25, -0.2) is 4.79 Å². The second kappa shape index (κ2) is 5.84. The molecule has 0 aliphatic rings. The highest BCUT2D eigenvalue weighted by molar-refractivity contribution is 5.25. The third-order valence-corrected chi connectivity index (χ3v) is 3.22. The summed E-state index contributed by atoms with van der Waals surface area (Å²) >= 11 is 0. The molecule has 0 aliphatic heterocycles. The monoisotopic (exact) mass is 330 g/mol. The number of hydrogen-bond donors (Lipinski definition) is 1. The molecule has 126 valence electrons. The normalized spacial score (nSPS) is 14.0. The Kier molecular flexibility index (Phi) is 4.39. The van der Waals surface area contributed by atoms with E-state index >= 15 is 0 Å². The first-order chi connectivity index (χ1) is 10.5. The van der Waals surface area contributed by atoms with Gasteiger partial charge < -0.3 is 9.52 Å². The highest BCUT2D eigenvalue weighted by Gasteiger charge is 2.30. The molecule has 0 amide bonds. The Morgan fingerprint density at radius 3 is 2.22 bits per heavy atom.